The summed E-state index contributed by atoms with van der Waals surface area (Å²) in [5.74, 6) is -0.754. The van der Waals surface area contributed by atoms with E-state index in [1.54, 1.807) is 0 Å². The quantitative estimate of drug-likeness (QED) is 0.866. The van der Waals surface area contributed by atoms with Crippen molar-refractivity contribution in [2.24, 2.45) is 0 Å². The number of aromatic nitrogens is 4. The average Bonchev–Trinajstić information content (AvgIpc) is 2.82. The minimum absolute atomic E-state index is 0.0760. The van der Waals surface area contributed by atoms with Crippen molar-refractivity contribution in [1.29, 1.82) is 0 Å². The number of tetrazole rings is 1. The summed E-state index contributed by atoms with van der Waals surface area (Å²) in [6, 6.07) is 4.08. The Labute approximate surface area is 107 Å². The van der Waals surface area contributed by atoms with Gasteiger partial charge in [-0.05, 0) is 12.1 Å². The molecule has 0 saturated heterocycles. The van der Waals surface area contributed by atoms with Crippen LogP contribution < -0.4 is 5.32 Å². The second kappa shape index (κ2) is 5.54. The second-order valence-corrected chi connectivity index (χ2v) is 3.84. The Bertz CT molecular complexity index is 525. The molecule has 8 heteroatoms. The van der Waals surface area contributed by atoms with Crippen molar-refractivity contribution >= 4 is 17.5 Å². The zero-order valence-corrected chi connectivity index (χ0v) is 9.91. The van der Waals surface area contributed by atoms with Gasteiger partial charge >= 0.3 is 0 Å². The first kappa shape index (κ1) is 12.4. The lowest BCUT2D eigenvalue weighted by Gasteiger charge is -2.06. The lowest BCUT2D eigenvalue weighted by Crippen LogP contribution is -2.27. The number of amides is 1. The number of H-pyrrole nitrogens is 1. The van der Waals surface area contributed by atoms with Crippen LogP contribution in [0, 0.1) is 5.82 Å². The van der Waals surface area contributed by atoms with Crippen LogP contribution in [0.3, 0.4) is 0 Å². The van der Waals surface area contributed by atoms with E-state index < -0.39 is 11.7 Å². The largest absolute Gasteiger partial charge is 0.351 e. The molecule has 0 radical (unpaired) electrons. The molecule has 0 aliphatic rings. The van der Waals surface area contributed by atoms with Gasteiger partial charge in [-0.1, -0.05) is 22.9 Å². The SMILES string of the molecule is O=C(NCCc1nn[nH]n1)c1c(F)cccc1Cl. The zero-order valence-electron chi connectivity index (χ0n) is 9.15. The Morgan fingerprint density at radius 1 is 1.50 bits per heavy atom. The number of aromatic amines is 1. The number of hydrogen-bond acceptors (Lipinski definition) is 4. The van der Waals surface area contributed by atoms with E-state index in [-0.39, 0.29) is 17.1 Å². The van der Waals surface area contributed by atoms with Gasteiger partial charge in [0, 0.05) is 13.0 Å². The number of rotatable bonds is 4. The second-order valence-electron chi connectivity index (χ2n) is 3.43. The number of nitrogens with one attached hydrogen (secondary N) is 2. The maximum absolute atomic E-state index is 13.4. The van der Waals surface area contributed by atoms with Crippen molar-refractivity contribution in [1.82, 2.24) is 25.9 Å². The van der Waals surface area contributed by atoms with E-state index in [1.165, 1.54) is 18.2 Å². The summed E-state index contributed by atoms with van der Waals surface area (Å²) in [5, 5.41) is 15.7. The van der Waals surface area contributed by atoms with Gasteiger partial charge in [0.25, 0.3) is 5.91 Å². The van der Waals surface area contributed by atoms with E-state index in [0.29, 0.717) is 12.2 Å². The molecule has 1 heterocycles. The summed E-state index contributed by atoms with van der Waals surface area (Å²) >= 11 is 5.76. The minimum Gasteiger partial charge on any atom is -0.351 e. The minimum atomic E-state index is -0.653. The number of carbonyl (C=O) groups is 1. The first-order chi connectivity index (χ1) is 8.68. The van der Waals surface area contributed by atoms with Gasteiger partial charge in [0.1, 0.15) is 5.82 Å². The van der Waals surface area contributed by atoms with Gasteiger partial charge in [0.2, 0.25) is 0 Å². The van der Waals surface area contributed by atoms with Crippen molar-refractivity contribution in [2.75, 3.05) is 6.54 Å². The van der Waals surface area contributed by atoms with Crippen LogP contribution in [0.2, 0.25) is 5.02 Å². The van der Waals surface area contributed by atoms with Gasteiger partial charge in [-0.2, -0.15) is 5.21 Å². The predicted octanol–water partition coefficient (Wildman–Crippen LogP) is 0.965. The molecular formula is C10H9ClFN5O. The van der Waals surface area contributed by atoms with Gasteiger partial charge < -0.3 is 5.32 Å². The molecular weight excluding hydrogens is 261 g/mol. The van der Waals surface area contributed by atoms with Crippen LogP contribution in [0.5, 0.6) is 0 Å². The Morgan fingerprint density at radius 2 is 2.33 bits per heavy atom. The highest BCUT2D eigenvalue weighted by Crippen LogP contribution is 2.18. The summed E-state index contributed by atoms with van der Waals surface area (Å²) < 4.78 is 13.4. The van der Waals surface area contributed by atoms with Crippen LogP contribution >= 0.6 is 11.6 Å². The molecule has 0 saturated carbocycles. The van der Waals surface area contributed by atoms with Crippen molar-refractivity contribution in [3.63, 3.8) is 0 Å². The molecule has 0 bridgehead atoms. The molecule has 0 spiro atoms. The Hall–Kier alpha value is -2.02. The average molecular weight is 270 g/mol. The molecule has 0 aliphatic carbocycles. The Kier molecular flexibility index (Phi) is 3.83. The number of nitrogens with zero attached hydrogens (tertiary/aromatic N) is 3. The molecule has 0 unspecified atom stereocenters. The highest BCUT2D eigenvalue weighted by molar-refractivity contribution is 6.33. The van der Waals surface area contributed by atoms with Crippen molar-refractivity contribution in [3.8, 4) is 0 Å². The molecule has 2 aromatic rings. The normalized spacial score (nSPS) is 10.3. The van der Waals surface area contributed by atoms with E-state index in [1.807, 2.05) is 0 Å². The maximum atomic E-state index is 13.4. The fourth-order valence-electron chi connectivity index (χ4n) is 1.38. The number of carbonyl (C=O) groups excluding carboxylic acids is 1. The van der Waals surface area contributed by atoms with E-state index in [0.717, 1.165) is 0 Å². The van der Waals surface area contributed by atoms with Crippen LogP contribution in [0.25, 0.3) is 0 Å². The topological polar surface area (TPSA) is 83.6 Å². The summed E-state index contributed by atoms with van der Waals surface area (Å²) in [4.78, 5) is 11.7. The highest BCUT2D eigenvalue weighted by atomic mass is 35.5. The highest BCUT2D eigenvalue weighted by Gasteiger charge is 2.15. The number of benzene rings is 1. The molecule has 1 aromatic carbocycles. The summed E-state index contributed by atoms with van der Waals surface area (Å²) in [6.07, 6.45) is 0.397. The van der Waals surface area contributed by atoms with E-state index in [4.69, 9.17) is 11.6 Å². The third-order valence-corrected chi connectivity index (χ3v) is 2.53. The third kappa shape index (κ3) is 2.80. The van der Waals surface area contributed by atoms with Gasteiger partial charge in [0.15, 0.2) is 5.82 Å². The van der Waals surface area contributed by atoms with Crippen LogP contribution in [0.15, 0.2) is 18.2 Å². The lowest BCUT2D eigenvalue weighted by atomic mass is 10.2. The van der Waals surface area contributed by atoms with Gasteiger partial charge in [-0.3, -0.25) is 4.79 Å². The predicted molar refractivity (Wildman–Crippen MR) is 61.6 cm³/mol. The standard InChI is InChI=1S/C10H9ClFN5O/c11-6-2-1-3-7(12)9(6)10(18)13-5-4-8-14-16-17-15-8/h1-3H,4-5H2,(H,13,18)(H,14,15,16,17). The molecule has 2 rings (SSSR count). The van der Waals surface area contributed by atoms with Crippen LogP contribution in [-0.2, 0) is 6.42 Å². The lowest BCUT2D eigenvalue weighted by molar-refractivity contribution is 0.0950. The van der Waals surface area contributed by atoms with Gasteiger partial charge in [-0.15, -0.1) is 10.2 Å². The monoisotopic (exact) mass is 269 g/mol. The van der Waals surface area contributed by atoms with Crippen molar-refractivity contribution in [3.05, 3.63) is 40.4 Å². The fourth-order valence-corrected chi connectivity index (χ4v) is 1.63. The number of halogens is 2. The maximum Gasteiger partial charge on any atom is 0.255 e. The first-order valence-electron chi connectivity index (χ1n) is 5.13. The van der Waals surface area contributed by atoms with Crippen LogP contribution in [-0.4, -0.2) is 33.1 Å². The molecule has 0 fully saturated rings. The van der Waals surface area contributed by atoms with Crippen LogP contribution in [0.1, 0.15) is 16.2 Å². The van der Waals surface area contributed by atoms with E-state index in [9.17, 15) is 9.18 Å². The van der Waals surface area contributed by atoms with Gasteiger partial charge in [0.05, 0.1) is 10.6 Å². The molecule has 6 nitrogen and oxygen atoms in total. The molecule has 0 atom stereocenters. The summed E-state index contributed by atoms with van der Waals surface area (Å²) in [7, 11) is 0. The smallest absolute Gasteiger partial charge is 0.255 e. The molecule has 18 heavy (non-hydrogen) atoms. The summed E-state index contributed by atoms with van der Waals surface area (Å²) in [5.41, 5.74) is -0.160. The fraction of sp³-hybridized carbons (Fsp3) is 0.200. The van der Waals surface area contributed by atoms with Crippen molar-refractivity contribution < 1.29 is 9.18 Å². The third-order valence-electron chi connectivity index (χ3n) is 2.21. The van der Waals surface area contributed by atoms with E-state index in [2.05, 4.69) is 25.9 Å². The zero-order chi connectivity index (χ0) is 13.0. The molecule has 2 N–H and O–H groups in total. The molecule has 0 aliphatic heterocycles. The van der Waals surface area contributed by atoms with Crippen molar-refractivity contribution in [2.45, 2.75) is 6.42 Å². The van der Waals surface area contributed by atoms with Gasteiger partial charge in [-0.25, -0.2) is 4.39 Å². The molecule has 1 amide bonds. The number of hydrogen-bond donors (Lipinski definition) is 2. The molecule has 94 valence electrons. The van der Waals surface area contributed by atoms with Crippen LogP contribution in [0.4, 0.5) is 4.39 Å². The summed E-state index contributed by atoms with van der Waals surface area (Å²) in [6.45, 7) is 0.267. The Balaban J connectivity index is 1.96. The molecule has 1 aromatic heterocycles. The first-order valence-corrected chi connectivity index (χ1v) is 5.51. The Morgan fingerprint density at radius 3 is 3.00 bits per heavy atom. The van der Waals surface area contributed by atoms with E-state index >= 15 is 0 Å².